The Bertz CT molecular complexity index is 1050. The molecule has 1 aliphatic rings. The Kier molecular flexibility index (Phi) is 11.3. The van der Waals surface area contributed by atoms with E-state index in [0.717, 1.165) is 56.3 Å². The van der Waals surface area contributed by atoms with Gasteiger partial charge in [-0.15, -0.1) is 34.0 Å². The van der Waals surface area contributed by atoms with Crippen LogP contribution in [0.3, 0.4) is 0 Å². The summed E-state index contributed by atoms with van der Waals surface area (Å²) >= 11 is 5.03. The van der Waals surface area contributed by atoms with E-state index in [2.05, 4.69) is 42.8 Å². The molecule has 1 unspecified atom stereocenters. The van der Waals surface area contributed by atoms with E-state index in [1.807, 2.05) is 11.0 Å². The number of hydrogen-bond donors (Lipinski definition) is 1. The normalized spacial score (nSPS) is 15.3. The SMILES string of the molecule is CCCCCCCCC(CCCCCCCC)N1C(=O)c2c(-c3cccs3)sc(-c3cccs3)c2C1O. The van der Waals surface area contributed by atoms with Gasteiger partial charge in [-0.05, 0) is 35.7 Å². The standard InChI is InChI=1S/C31H43NO2S3/c1-3-5-7-9-11-13-17-23(18-14-12-10-8-6-4-2)32-30(33)26-27(31(32)34)29(25-20-16-22-36-25)37-28(26)24-19-15-21-35-24/h15-16,19-23,30,33H,3-14,17-18H2,1-2H3. The highest BCUT2D eigenvalue weighted by molar-refractivity contribution is 7.26. The van der Waals surface area contributed by atoms with Crippen LogP contribution in [0.1, 0.15) is 126 Å². The maximum absolute atomic E-state index is 14.1. The highest BCUT2D eigenvalue weighted by atomic mass is 32.1. The van der Waals surface area contributed by atoms with Gasteiger partial charge in [0.2, 0.25) is 0 Å². The van der Waals surface area contributed by atoms with E-state index < -0.39 is 6.23 Å². The van der Waals surface area contributed by atoms with Crippen molar-refractivity contribution in [3.05, 3.63) is 46.2 Å². The lowest BCUT2D eigenvalue weighted by Gasteiger charge is -2.32. The summed E-state index contributed by atoms with van der Waals surface area (Å²) in [6.07, 6.45) is 16.1. The number of aliphatic hydroxyl groups excluding tert-OH is 1. The summed E-state index contributed by atoms with van der Waals surface area (Å²) in [5.41, 5.74) is 1.59. The van der Waals surface area contributed by atoms with Crippen LogP contribution in [0.5, 0.6) is 0 Å². The van der Waals surface area contributed by atoms with Crippen LogP contribution in [0.2, 0.25) is 0 Å². The molecule has 0 saturated carbocycles. The van der Waals surface area contributed by atoms with E-state index in [0.29, 0.717) is 0 Å². The highest BCUT2D eigenvalue weighted by Gasteiger charge is 2.44. The summed E-state index contributed by atoms with van der Waals surface area (Å²) in [6, 6.07) is 8.41. The molecule has 1 aliphatic heterocycles. The van der Waals surface area contributed by atoms with Crippen molar-refractivity contribution in [2.45, 2.75) is 116 Å². The summed E-state index contributed by atoms with van der Waals surface area (Å²) in [5.74, 6) is 0.0342. The van der Waals surface area contributed by atoms with E-state index >= 15 is 0 Å². The van der Waals surface area contributed by atoms with Gasteiger partial charge in [-0.3, -0.25) is 4.79 Å². The summed E-state index contributed by atoms with van der Waals surface area (Å²) in [7, 11) is 0. The van der Waals surface area contributed by atoms with E-state index in [9.17, 15) is 9.90 Å². The molecule has 0 aromatic carbocycles. The zero-order valence-corrected chi connectivity index (χ0v) is 25.0. The van der Waals surface area contributed by atoms with Crippen molar-refractivity contribution in [3.63, 3.8) is 0 Å². The third-order valence-corrected chi connectivity index (χ3v) is 10.9. The smallest absolute Gasteiger partial charge is 0.258 e. The lowest BCUT2D eigenvalue weighted by molar-refractivity contribution is -0.00742. The van der Waals surface area contributed by atoms with E-state index in [1.54, 1.807) is 34.0 Å². The second kappa shape index (κ2) is 14.6. The summed E-state index contributed by atoms with van der Waals surface area (Å²) in [5, 5.41) is 15.9. The number of nitrogens with zero attached hydrogens (tertiary/aromatic N) is 1. The topological polar surface area (TPSA) is 40.5 Å². The number of rotatable bonds is 17. The molecule has 3 aromatic heterocycles. The first kappa shape index (κ1) is 28.5. The number of carbonyl (C=O) groups excluding carboxylic acids is 1. The first-order valence-corrected chi connectivity index (χ1v) is 17.0. The zero-order chi connectivity index (χ0) is 26.0. The van der Waals surface area contributed by atoms with Gasteiger partial charge in [-0.1, -0.05) is 103 Å². The quantitative estimate of drug-likeness (QED) is 0.168. The van der Waals surface area contributed by atoms with Gasteiger partial charge in [0.1, 0.15) is 0 Å². The number of fused-ring (bicyclic) bond motifs is 1. The van der Waals surface area contributed by atoms with Crippen LogP contribution >= 0.6 is 34.0 Å². The number of unbranched alkanes of at least 4 members (excludes halogenated alkanes) is 10. The van der Waals surface area contributed by atoms with Gasteiger partial charge < -0.3 is 10.0 Å². The fraction of sp³-hybridized carbons (Fsp3) is 0.581. The first-order valence-electron chi connectivity index (χ1n) is 14.4. The molecule has 4 rings (SSSR count). The molecule has 0 saturated heterocycles. The Balaban J connectivity index is 1.55. The number of hydrogen-bond acceptors (Lipinski definition) is 5. The maximum atomic E-state index is 14.1. The molecule has 0 aliphatic carbocycles. The molecule has 1 atom stereocenters. The first-order chi connectivity index (χ1) is 18.2. The van der Waals surface area contributed by atoms with Crippen LogP contribution in [-0.4, -0.2) is 22.0 Å². The molecule has 0 radical (unpaired) electrons. The highest BCUT2D eigenvalue weighted by Crippen LogP contribution is 2.52. The molecule has 4 heterocycles. The maximum Gasteiger partial charge on any atom is 0.258 e. The Morgan fingerprint density at radius 3 is 1.81 bits per heavy atom. The third-order valence-electron chi connectivity index (χ3n) is 7.58. The van der Waals surface area contributed by atoms with Crippen LogP contribution in [0.4, 0.5) is 0 Å². The molecule has 202 valence electrons. The van der Waals surface area contributed by atoms with Gasteiger partial charge in [-0.2, -0.15) is 0 Å². The Morgan fingerprint density at radius 1 is 0.784 bits per heavy atom. The van der Waals surface area contributed by atoms with E-state index in [1.165, 1.54) is 64.2 Å². The predicted molar refractivity (Wildman–Crippen MR) is 162 cm³/mol. The van der Waals surface area contributed by atoms with Crippen LogP contribution < -0.4 is 0 Å². The van der Waals surface area contributed by atoms with E-state index in [4.69, 9.17) is 0 Å². The van der Waals surface area contributed by atoms with Crippen molar-refractivity contribution in [1.29, 1.82) is 0 Å². The van der Waals surface area contributed by atoms with E-state index in [-0.39, 0.29) is 11.9 Å². The molecule has 3 nitrogen and oxygen atoms in total. The van der Waals surface area contributed by atoms with Gasteiger partial charge in [0.05, 0.1) is 15.3 Å². The average Bonchev–Trinajstić information content (AvgIpc) is 3.69. The van der Waals surface area contributed by atoms with Gasteiger partial charge >= 0.3 is 0 Å². The molecule has 0 bridgehead atoms. The van der Waals surface area contributed by atoms with Crippen LogP contribution in [0, 0.1) is 0 Å². The third kappa shape index (κ3) is 6.95. The predicted octanol–water partition coefficient (Wildman–Crippen LogP) is 10.5. The molecule has 0 spiro atoms. The van der Waals surface area contributed by atoms with Gasteiger partial charge in [-0.25, -0.2) is 0 Å². The minimum Gasteiger partial charge on any atom is -0.369 e. The van der Waals surface area contributed by atoms with Gasteiger partial charge in [0, 0.05) is 21.4 Å². The zero-order valence-electron chi connectivity index (χ0n) is 22.5. The molecule has 1 amide bonds. The number of aliphatic hydroxyl groups is 1. The minimum absolute atomic E-state index is 0.0342. The average molecular weight is 558 g/mol. The molecule has 0 fully saturated rings. The molecular weight excluding hydrogens is 515 g/mol. The van der Waals surface area contributed by atoms with Crippen molar-refractivity contribution < 1.29 is 9.90 Å². The second-order valence-corrected chi connectivity index (χ2v) is 13.3. The van der Waals surface area contributed by atoms with Crippen molar-refractivity contribution >= 4 is 39.9 Å². The molecule has 3 aromatic rings. The number of amides is 1. The fourth-order valence-electron chi connectivity index (χ4n) is 5.56. The largest absolute Gasteiger partial charge is 0.369 e. The van der Waals surface area contributed by atoms with Crippen LogP contribution in [0.25, 0.3) is 19.5 Å². The van der Waals surface area contributed by atoms with Crippen molar-refractivity contribution in [1.82, 2.24) is 4.90 Å². The van der Waals surface area contributed by atoms with Crippen LogP contribution in [0.15, 0.2) is 35.0 Å². The lowest BCUT2D eigenvalue weighted by atomic mass is 9.98. The van der Waals surface area contributed by atoms with Crippen molar-refractivity contribution in [2.24, 2.45) is 0 Å². The summed E-state index contributed by atoms with van der Waals surface area (Å²) in [4.78, 5) is 20.3. The van der Waals surface area contributed by atoms with Gasteiger partial charge in [0.15, 0.2) is 6.23 Å². The fourth-order valence-corrected chi connectivity index (χ4v) is 8.61. The lowest BCUT2D eigenvalue weighted by Crippen LogP contribution is -2.38. The Hall–Kier alpha value is -1.47. The summed E-state index contributed by atoms with van der Waals surface area (Å²) in [6.45, 7) is 4.51. The van der Waals surface area contributed by atoms with Gasteiger partial charge in [0.25, 0.3) is 5.91 Å². The monoisotopic (exact) mass is 557 g/mol. The van der Waals surface area contributed by atoms with Crippen molar-refractivity contribution in [3.8, 4) is 19.5 Å². The Morgan fingerprint density at radius 2 is 1.30 bits per heavy atom. The number of thiophene rings is 3. The van der Waals surface area contributed by atoms with Crippen molar-refractivity contribution in [2.75, 3.05) is 0 Å². The Labute approximate surface area is 235 Å². The number of carbonyl (C=O) groups is 1. The molecule has 37 heavy (non-hydrogen) atoms. The minimum atomic E-state index is -0.852. The second-order valence-electron chi connectivity index (χ2n) is 10.4. The molecular formula is C31H43NO2S3. The van der Waals surface area contributed by atoms with Crippen LogP contribution in [-0.2, 0) is 0 Å². The molecule has 6 heteroatoms. The molecule has 1 N–H and O–H groups in total. The summed E-state index contributed by atoms with van der Waals surface area (Å²) < 4.78 is 0.